The summed E-state index contributed by atoms with van der Waals surface area (Å²) >= 11 is 3.42. The van der Waals surface area contributed by atoms with E-state index < -0.39 is 0 Å². The molecule has 1 saturated carbocycles. The maximum absolute atomic E-state index is 12.6. The second-order valence-electron chi connectivity index (χ2n) is 6.57. The number of nitrogens with two attached hydrogens (primary N) is 1. The first-order chi connectivity index (χ1) is 11.0. The molecule has 0 aromatic heterocycles. The molecule has 5 nitrogen and oxygen atoms in total. The van der Waals surface area contributed by atoms with Crippen LogP contribution in [0.2, 0.25) is 0 Å². The number of benzene rings is 1. The molecule has 3 rings (SSSR count). The number of nitrogens with zero attached hydrogens (tertiary/aromatic N) is 1. The number of halogens is 1. The molecular weight excluding hydrogens is 358 g/mol. The van der Waals surface area contributed by atoms with Crippen LogP contribution in [-0.2, 0) is 9.59 Å². The van der Waals surface area contributed by atoms with Crippen molar-refractivity contribution >= 4 is 33.4 Å². The molecule has 3 N–H and O–H groups in total. The number of anilines is 1. The van der Waals surface area contributed by atoms with Gasteiger partial charge in [0.15, 0.2) is 0 Å². The van der Waals surface area contributed by atoms with E-state index in [9.17, 15) is 9.59 Å². The zero-order valence-corrected chi connectivity index (χ0v) is 14.6. The fourth-order valence-corrected chi connectivity index (χ4v) is 3.96. The Hall–Kier alpha value is -1.40. The number of rotatable bonds is 4. The van der Waals surface area contributed by atoms with Gasteiger partial charge in [0.25, 0.3) is 0 Å². The van der Waals surface area contributed by atoms with E-state index in [0.717, 1.165) is 35.8 Å². The Balaban J connectivity index is 1.68. The van der Waals surface area contributed by atoms with Crippen molar-refractivity contribution in [3.8, 4) is 0 Å². The Labute approximate surface area is 144 Å². The molecule has 1 atom stereocenters. The zero-order chi connectivity index (χ0) is 16.4. The van der Waals surface area contributed by atoms with Crippen LogP contribution in [0, 0.1) is 5.92 Å². The van der Waals surface area contributed by atoms with Crippen molar-refractivity contribution in [3.05, 3.63) is 28.7 Å². The molecule has 2 fully saturated rings. The highest BCUT2D eigenvalue weighted by Gasteiger charge is 2.40. The van der Waals surface area contributed by atoms with E-state index in [1.807, 2.05) is 24.3 Å². The average Bonchev–Trinajstić information content (AvgIpc) is 3.14. The van der Waals surface area contributed by atoms with Crippen molar-refractivity contribution in [2.75, 3.05) is 18.0 Å². The lowest BCUT2D eigenvalue weighted by molar-refractivity contribution is -0.127. The Morgan fingerprint density at radius 1 is 1.39 bits per heavy atom. The average molecular weight is 380 g/mol. The maximum Gasteiger partial charge on any atom is 0.227 e. The number of hydrogen-bond acceptors (Lipinski definition) is 3. The molecule has 1 saturated heterocycles. The van der Waals surface area contributed by atoms with Crippen molar-refractivity contribution < 1.29 is 9.59 Å². The van der Waals surface area contributed by atoms with Gasteiger partial charge in [-0.25, -0.2) is 0 Å². The third-order valence-corrected chi connectivity index (χ3v) is 5.45. The van der Waals surface area contributed by atoms with Crippen LogP contribution in [0.3, 0.4) is 0 Å². The Kier molecular flexibility index (Phi) is 4.73. The number of hydrogen-bond donors (Lipinski definition) is 2. The van der Waals surface area contributed by atoms with E-state index in [4.69, 9.17) is 5.73 Å². The summed E-state index contributed by atoms with van der Waals surface area (Å²) in [5.74, 6) is -0.342. The van der Waals surface area contributed by atoms with Gasteiger partial charge in [-0.1, -0.05) is 34.8 Å². The third-order valence-electron chi connectivity index (χ3n) is 4.96. The summed E-state index contributed by atoms with van der Waals surface area (Å²) in [6, 6.07) is 7.60. The second kappa shape index (κ2) is 6.61. The molecule has 1 aliphatic carbocycles. The molecule has 1 aromatic rings. The first kappa shape index (κ1) is 16.5. The van der Waals surface area contributed by atoms with Crippen LogP contribution in [0.1, 0.15) is 32.1 Å². The SMILES string of the molecule is NCC1(NC(=O)C2CC(=O)N(c3cccc(Br)c3)C2)CCCC1. The smallest absolute Gasteiger partial charge is 0.227 e. The monoisotopic (exact) mass is 379 g/mol. The minimum absolute atomic E-state index is 0.00327. The summed E-state index contributed by atoms with van der Waals surface area (Å²) in [6.07, 6.45) is 4.34. The molecule has 1 unspecified atom stereocenters. The topological polar surface area (TPSA) is 75.4 Å². The van der Waals surface area contributed by atoms with E-state index in [1.165, 1.54) is 0 Å². The summed E-state index contributed by atoms with van der Waals surface area (Å²) < 4.78 is 0.920. The van der Waals surface area contributed by atoms with Gasteiger partial charge in [-0.3, -0.25) is 9.59 Å². The molecule has 1 aliphatic heterocycles. The number of carbonyl (C=O) groups excluding carboxylic acids is 2. The second-order valence-corrected chi connectivity index (χ2v) is 7.48. The zero-order valence-electron chi connectivity index (χ0n) is 13.1. The van der Waals surface area contributed by atoms with E-state index in [0.29, 0.717) is 13.1 Å². The van der Waals surface area contributed by atoms with Gasteiger partial charge in [0, 0.05) is 29.7 Å². The lowest BCUT2D eigenvalue weighted by Gasteiger charge is -2.30. The molecule has 1 aromatic carbocycles. The van der Waals surface area contributed by atoms with Gasteiger partial charge < -0.3 is 16.0 Å². The molecule has 0 bridgehead atoms. The Morgan fingerprint density at radius 2 is 2.13 bits per heavy atom. The number of carbonyl (C=O) groups is 2. The van der Waals surface area contributed by atoms with Crippen molar-refractivity contribution in [2.24, 2.45) is 11.7 Å². The molecule has 0 spiro atoms. The minimum atomic E-state index is -0.300. The van der Waals surface area contributed by atoms with Crippen LogP contribution >= 0.6 is 15.9 Å². The van der Waals surface area contributed by atoms with Gasteiger partial charge in [-0.05, 0) is 31.0 Å². The van der Waals surface area contributed by atoms with Crippen LogP contribution in [0.5, 0.6) is 0 Å². The largest absolute Gasteiger partial charge is 0.349 e. The molecule has 124 valence electrons. The molecule has 2 aliphatic rings. The predicted octanol–water partition coefficient (Wildman–Crippen LogP) is 2.19. The Bertz CT molecular complexity index is 614. The molecular formula is C17H22BrN3O2. The molecule has 6 heteroatoms. The van der Waals surface area contributed by atoms with Crippen LogP contribution in [-0.4, -0.2) is 30.4 Å². The molecule has 2 amide bonds. The van der Waals surface area contributed by atoms with E-state index in [2.05, 4.69) is 21.2 Å². The van der Waals surface area contributed by atoms with E-state index in [-0.39, 0.29) is 29.7 Å². The minimum Gasteiger partial charge on any atom is -0.349 e. The Morgan fingerprint density at radius 3 is 2.78 bits per heavy atom. The molecule has 23 heavy (non-hydrogen) atoms. The van der Waals surface area contributed by atoms with Crippen molar-refractivity contribution in [1.82, 2.24) is 5.32 Å². The predicted molar refractivity (Wildman–Crippen MR) is 93.0 cm³/mol. The quantitative estimate of drug-likeness (QED) is 0.841. The van der Waals surface area contributed by atoms with Gasteiger partial charge >= 0.3 is 0 Å². The highest BCUT2D eigenvalue weighted by Crippen LogP contribution is 2.31. The summed E-state index contributed by atoms with van der Waals surface area (Å²) in [6.45, 7) is 0.899. The standard InChI is InChI=1S/C17H22BrN3O2/c18-13-4-3-5-14(9-13)21-10-12(8-15(21)22)16(23)20-17(11-19)6-1-2-7-17/h3-5,9,12H,1-2,6-8,10-11,19H2,(H,20,23). The third kappa shape index (κ3) is 3.43. The molecule has 0 radical (unpaired) electrons. The highest BCUT2D eigenvalue weighted by atomic mass is 79.9. The van der Waals surface area contributed by atoms with Gasteiger partial charge in [0.1, 0.15) is 0 Å². The number of nitrogens with one attached hydrogen (secondary N) is 1. The fraction of sp³-hybridized carbons (Fsp3) is 0.529. The van der Waals surface area contributed by atoms with Crippen LogP contribution in [0.4, 0.5) is 5.69 Å². The van der Waals surface area contributed by atoms with Gasteiger partial charge in [-0.2, -0.15) is 0 Å². The van der Waals surface area contributed by atoms with Gasteiger partial charge in [-0.15, -0.1) is 0 Å². The fourth-order valence-electron chi connectivity index (χ4n) is 3.57. The normalized spacial score (nSPS) is 23.3. The number of amides is 2. The van der Waals surface area contributed by atoms with Gasteiger partial charge in [0.05, 0.1) is 11.5 Å². The van der Waals surface area contributed by atoms with Crippen molar-refractivity contribution in [2.45, 2.75) is 37.6 Å². The van der Waals surface area contributed by atoms with Gasteiger partial charge in [0.2, 0.25) is 11.8 Å². The first-order valence-corrected chi connectivity index (χ1v) is 8.90. The lowest BCUT2D eigenvalue weighted by Crippen LogP contribution is -2.53. The van der Waals surface area contributed by atoms with E-state index in [1.54, 1.807) is 4.90 Å². The van der Waals surface area contributed by atoms with Crippen molar-refractivity contribution in [3.63, 3.8) is 0 Å². The van der Waals surface area contributed by atoms with Crippen molar-refractivity contribution in [1.29, 1.82) is 0 Å². The summed E-state index contributed by atoms with van der Waals surface area (Å²) in [7, 11) is 0. The molecule has 1 heterocycles. The van der Waals surface area contributed by atoms with Crippen LogP contribution in [0.25, 0.3) is 0 Å². The maximum atomic E-state index is 12.6. The summed E-state index contributed by atoms with van der Waals surface area (Å²) in [5.41, 5.74) is 6.45. The summed E-state index contributed by atoms with van der Waals surface area (Å²) in [4.78, 5) is 26.6. The summed E-state index contributed by atoms with van der Waals surface area (Å²) in [5, 5.41) is 3.14. The van der Waals surface area contributed by atoms with E-state index >= 15 is 0 Å². The lowest BCUT2D eigenvalue weighted by atomic mass is 9.96. The van der Waals surface area contributed by atoms with Crippen LogP contribution in [0.15, 0.2) is 28.7 Å². The first-order valence-electron chi connectivity index (χ1n) is 8.11. The van der Waals surface area contributed by atoms with Crippen LogP contribution < -0.4 is 16.0 Å². The highest BCUT2D eigenvalue weighted by molar-refractivity contribution is 9.10.